The fourth-order valence-corrected chi connectivity index (χ4v) is 11.3. The fourth-order valence-electron chi connectivity index (χ4n) is 6.72. The number of rotatable bonds is 20. The van der Waals surface area contributed by atoms with E-state index in [1.165, 1.54) is 55.7 Å². The molecule has 0 spiro atoms. The Labute approximate surface area is 305 Å². The lowest BCUT2D eigenvalue weighted by Gasteiger charge is -2.49. The molecule has 0 fully saturated rings. The summed E-state index contributed by atoms with van der Waals surface area (Å²) < 4.78 is 13.2. The van der Waals surface area contributed by atoms with Crippen LogP contribution in [-0.2, 0) is 31.6 Å². The van der Waals surface area contributed by atoms with E-state index in [-0.39, 0.29) is 6.42 Å². The molecule has 0 aliphatic rings. The number of thioether (sulfide) groups is 1. The highest BCUT2D eigenvalue weighted by Gasteiger charge is 2.58. The van der Waals surface area contributed by atoms with Crippen LogP contribution in [0.3, 0.4) is 0 Å². The number of carbonyl (C=O) groups excluding carboxylic acids is 1. The highest BCUT2D eigenvalue weighted by Crippen LogP contribution is 2.52. The molecule has 266 valence electrons. The van der Waals surface area contributed by atoms with Crippen molar-refractivity contribution in [1.29, 1.82) is 0 Å². The molecule has 0 aliphatic carbocycles. The van der Waals surface area contributed by atoms with Crippen molar-refractivity contribution in [2.24, 2.45) is 5.41 Å². The predicted molar refractivity (Wildman–Crippen MR) is 210 cm³/mol. The molecule has 50 heavy (non-hydrogen) atoms. The zero-order valence-electron chi connectivity index (χ0n) is 30.2. The number of hydrogen-bond donors (Lipinski definition) is 1. The summed E-state index contributed by atoms with van der Waals surface area (Å²) in [6.45, 7) is 6.11. The van der Waals surface area contributed by atoms with Gasteiger partial charge in [-0.3, -0.25) is 4.79 Å². The molecular formula is C43H54O5SSi. The van der Waals surface area contributed by atoms with Gasteiger partial charge in [-0.1, -0.05) is 162 Å². The Morgan fingerprint density at radius 1 is 0.700 bits per heavy atom. The number of esters is 1. The number of benzene rings is 4. The van der Waals surface area contributed by atoms with Crippen molar-refractivity contribution in [3.05, 3.63) is 132 Å². The van der Waals surface area contributed by atoms with Gasteiger partial charge in [0.15, 0.2) is 5.60 Å². The Morgan fingerprint density at radius 2 is 1.20 bits per heavy atom. The number of carboxylic acid groups (broad SMARTS) is 1. The highest BCUT2D eigenvalue weighted by atomic mass is 32.2. The van der Waals surface area contributed by atoms with Crippen molar-refractivity contribution in [2.45, 2.75) is 89.4 Å². The Bertz CT molecular complexity index is 1550. The summed E-state index contributed by atoms with van der Waals surface area (Å²) in [7, 11) is -1.06. The number of aryl methyl sites for hydroxylation is 2. The number of carboxylic acids is 1. The molecule has 0 amide bonds. The number of methoxy groups -OCH3 is 1. The quantitative estimate of drug-likeness (QED) is 0.0563. The van der Waals surface area contributed by atoms with Crippen LogP contribution in [0.15, 0.2) is 115 Å². The molecule has 0 aromatic heterocycles. The van der Waals surface area contributed by atoms with Crippen LogP contribution in [0.5, 0.6) is 0 Å². The monoisotopic (exact) mass is 710 g/mol. The van der Waals surface area contributed by atoms with Gasteiger partial charge < -0.3 is 14.3 Å². The van der Waals surface area contributed by atoms with E-state index < -0.39 is 37.2 Å². The number of ether oxygens (including phenoxy) is 1. The molecule has 4 rings (SSSR count). The average Bonchev–Trinajstić information content (AvgIpc) is 3.12. The minimum absolute atomic E-state index is 0.0206. The molecule has 0 radical (unpaired) electrons. The van der Waals surface area contributed by atoms with E-state index in [0.29, 0.717) is 5.75 Å². The summed E-state index contributed by atoms with van der Waals surface area (Å²) in [5.74, 6) is -0.972. The third kappa shape index (κ3) is 10.7. The van der Waals surface area contributed by atoms with E-state index in [1.54, 1.807) is 0 Å². The first-order valence-electron chi connectivity index (χ1n) is 18.0. The smallest absolute Gasteiger partial charge is 0.339 e. The fraction of sp³-hybridized carbons (Fsp3) is 0.395. The van der Waals surface area contributed by atoms with Gasteiger partial charge >= 0.3 is 11.9 Å². The van der Waals surface area contributed by atoms with E-state index >= 15 is 0 Å². The van der Waals surface area contributed by atoms with Crippen molar-refractivity contribution in [1.82, 2.24) is 0 Å². The van der Waals surface area contributed by atoms with Crippen LogP contribution in [0.2, 0.25) is 0 Å². The summed E-state index contributed by atoms with van der Waals surface area (Å²) in [6.07, 6.45) is 8.99. The first kappa shape index (κ1) is 39.1. The van der Waals surface area contributed by atoms with Crippen molar-refractivity contribution in [3.8, 4) is 0 Å². The van der Waals surface area contributed by atoms with Crippen molar-refractivity contribution in [3.63, 3.8) is 0 Å². The summed E-state index contributed by atoms with van der Waals surface area (Å²) in [5.41, 5.74) is 1.44. The lowest BCUT2D eigenvalue weighted by atomic mass is 9.71. The van der Waals surface area contributed by atoms with E-state index in [0.717, 1.165) is 41.6 Å². The van der Waals surface area contributed by atoms with Gasteiger partial charge in [-0.2, -0.15) is 0 Å². The molecule has 2 unspecified atom stereocenters. The molecule has 5 nitrogen and oxygen atoms in total. The van der Waals surface area contributed by atoms with Crippen LogP contribution >= 0.6 is 11.8 Å². The second-order valence-electron chi connectivity index (χ2n) is 14.0. The summed E-state index contributed by atoms with van der Waals surface area (Å²) >= 11 is 1.49. The van der Waals surface area contributed by atoms with Gasteiger partial charge in [-0.25, -0.2) is 4.79 Å². The summed E-state index contributed by atoms with van der Waals surface area (Å²) in [5, 5.41) is 11.3. The van der Waals surface area contributed by atoms with Gasteiger partial charge in [0.05, 0.1) is 18.8 Å². The number of unbranched alkanes of at least 4 members (excludes halogenated alkanes) is 5. The first-order valence-corrected chi connectivity index (χ1v) is 20.7. The second kappa shape index (κ2) is 19.7. The van der Waals surface area contributed by atoms with E-state index in [2.05, 4.69) is 72.8 Å². The molecule has 1 N–H and O–H groups in total. The molecular weight excluding hydrogens is 657 g/mol. The summed E-state index contributed by atoms with van der Waals surface area (Å²) in [6, 6.07) is 39.4. The molecule has 0 saturated carbocycles. The minimum Gasteiger partial charge on any atom is -0.481 e. The van der Waals surface area contributed by atoms with Crippen molar-refractivity contribution in [2.75, 3.05) is 12.9 Å². The van der Waals surface area contributed by atoms with Gasteiger partial charge in [0.25, 0.3) is 0 Å². The van der Waals surface area contributed by atoms with Crippen molar-refractivity contribution < 1.29 is 23.9 Å². The molecule has 0 heterocycles. The van der Waals surface area contributed by atoms with Gasteiger partial charge in [0, 0.05) is 11.2 Å². The summed E-state index contributed by atoms with van der Waals surface area (Å²) in [4.78, 5) is 26.3. The lowest BCUT2D eigenvalue weighted by Crippen LogP contribution is -2.63. The number of aliphatic carboxylic acids is 1. The van der Waals surface area contributed by atoms with Gasteiger partial charge in [-0.05, 0) is 52.7 Å². The minimum atomic E-state index is -2.49. The molecule has 0 aliphatic heterocycles. The first-order chi connectivity index (χ1) is 24.2. The van der Waals surface area contributed by atoms with E-state index in [4.69, 9.17) is 9.16 Å². The van der Waals surface area contributed by atoms with Crippen LogP contribution in [0.1, 0.15) is 87.7 Å². The molecule has 7 heteroatoms. The van der Waals surface area contributed by atoms with Crippen LogP contribution in [0.4, 0.5) is 0 Å². The predicted octanol–water partition coefficient (Wildman–Crippen LogP) is 8.57. The Morgan fingerprint density at radius 3 is 1.74 bits per heavy atom. The van der Waals surface area contributed by atoms with Crippen LogP contribution < -0.4 is 10.4 Å². The van der Waals surface area contributed by atoms with Gasteiger partial charge in [-0.15, -0.1) is 11.8 Å². The van der Waals surface area contributed by atoms with Gasteiger partial charge in [0.1, 0.15) is 0 Å². The van der Waals surface area contributed by atoms with Crippen LogP contribution in [-0.4, -0.2) is 44.5 Å². The highest BCUT2D eigenvalue weighted by molar-refractivity contribution is 7.99. The molecule has 0 bridgehead atoms. The molecule has 4 aromatic rings. The van der Waals surface area contributed by atoms with E-state index in [1.807, 2.05) is 63.2 Å². The SMILES string of the molecule is COC(=O)C(O[SiH](c1ccccc1)c1ccccc1)(C(SCCC(=O)O)c1ccccc1CCCCCCCCc1ccccc1)C(C)(C)C. The zero-order valence-corrected chi connectivity index (χ0v) is 32.2. The van der Waals surface area contributed by atoms with E-state index in [9.17, 15) is 14.7 Å². The third-order valence-corrected chi connectivity index (χ3v) is 13.4. The zero-order chi connectivity index (χ0) is 35.8. The normalized spacial score (nSPS) is 13.5. The maximum atomic E-state index is 14.5. The Kier molecular flexibility index (Phi) is 15.4. The maximum Gasteiger partial charge on any atom is 0.339 e. The molecule has 0 saturated heterocycles. The molecule has 2 atom stereocenters. The number of hydrogen-bond acceptors (Lipinski definition) is 5. The second-order valence-corrected chi connectivity index (χ2v) is 17.5. The number of carbonyl (C=O) groups is 2. The standard InChI is InChI=1S/C43H54O5SSi/c1-42(2,3)43(41(46)47-4,48-50(36-27-16-10-17-28-36)37-29-18-11-19-30-37)40(49-33-32-39(44)45)38-31-21-20-26-35(38)25-15-8-6-5-7-12-22-34-23-13-9-14-24-34/h9-11,13-14,16-21,23-24,26-31,40,50H,5-8,12,15,22,25,32-33H2,1-4H3,(H,44,45). The molecule has 4 aromatic carbocycles. The average molecular weight is 711 g/mol. The van der Waals surface area contributed by atoms with Gasteiger partial charge in [0.2, 0.25) is 9.04 Å². The van der Waals surface area contributed by atoms with Crippen LogP contribution in [0, 0.1) is 5.41 Å². The third-order valence-electron chi connectivity index (χ3n) is 9.42. The van der Waals surface area contributed by atoms with Crippen LogP contribution in [0.25, 0.3) is 0 Å². The largest absolute Gasteiger partial charge is 0.481 e. The Hall–Kier alpha value is -3.65. The maximum absolute atomic E-state index is 14.5. The lowest BCUT2D eigenvalue weighted by molar-refractivity contribution is -0.171. The van der Waals surface area contributed by atoms with Crippen molar-refractivity contribution >= 4 is 43.1 Å². The topological polar surface area (TPSA) is 72.8 Å². The Balaban J connectivity index is 1.65.